The number of aromatic nitrogens is 2. The molecule has 0 spiro atoms. The van der Waals surface area contributed by atoms with Crippen LogP contribution in [-0.4, -0.2) is 35.1 Å². The Labute approximate surface area is 155 Å². The molecule has 1 N–H and O–H groups in total. The number of amides is 1. The number of nitrogens with one attached hydrogen (secondary N) is 1. The van der Waals surface area contributed by atoms with E-state index in [1.807, 2.05) is 42.5 Å². The maximum absolute atomic E-state index is 12.3. The van der Waals surface area contributed by atoms with Crippen molar-refractivity contribution < 1.29 is 9.53 Å². The van der Waals surface area contributed by atoms with Crippen LogP contribution in [-0.2, 0) is 11.3 Å². The summed E-state index contributed by atoms with van der Waals surface area (Å²) < 4.78 is 6.54. The second-order valence-corrected chi connectivity index (χ2v) is 6.63. The third-order valence-electron chi connectivity index (χ3n) is 3.82. The van der Waals surface area contributed by atoms with Crippen molar-refractivity contribution in [2.75, 3.05) is 19.4 Å². The standard InChI is InChI=1S/C19H19N3O3S/c1-25-15-6-4-7-16(11-15)26-13-18(23)20-9-10-22-19(24)17-8-3-2-5-14(17)12-21-22/h2-8,11-12H,9-10,13H2,1H3,(H,20,23). The normalized spacial score (nSPS) is 10.7. The second-order valence-electron chi connectivity index (χ2n) is 5.58. The predicted octanol–water partition coefficient (Wildman–Crippen LogP) is 2.31. The molecule has 1 amide bonds. The van der Waals surface area contributed by atoms with Crippen molar-refractivity contribution in [3.63, 3.8) is 0 Å². The Morgan fingerprint density at radius 2 is 2.08 bits per heavy atom. The zero-order valence-corrected chi connectivity index (χ0v) is 15.2. The van der Waals surface area contributed by atoms with E-state index in [1.54, 1.807) is 19.4 Å². The van der Waals surface area contributed by atoms with Gasteiger partial charge in [0.1, 0.15) is 5.75 Å². The van der Waals surface area contributed by atoms with E-state index in [1.165, 1.54) is 16.4 Å². The summed E-state index contributed by atoms with van der Waals surface area (Å²) in [5, 5.41) is 8.40. The quantitative estimate of drug-likeness (QED) is 0.647. The number of hydrogen-bond acceptors (Lipinski definition) is 5. The van der Waals surface area contributed by atoms with Crippen molar-refractivity contribution in [3.05, 3.63) is 65.1 Å². The van der Waals surface area contributed by atoms with Crippen molar-refractivity contribution >= 4 is 28.4 Å². The minimum absolute atomic E-state index is 0.0911. The van der Waals surface area contributed by atoms with E-state index >= 15 is 0 Å². The van der Waals surface area contributed by atoms with Gasteiger partial charge in [0.25, 0.3) is 5.56 Å². The van der Waals surface area contributed by atoms with E-state index in [2.05, 4.69) is 10.4 Å². The highest BCUT2D eigenvalue weighted by atomic mass is 32.2. The first-order valence-electron chi connectivity index (χ1n) is 8.16. The largest absolute Gasteiger partial charge is 0.497 e. The summed E-state index contributed by atoms with van der Waals surface area (Å²) in [6.07, 6.45) is 1.66. The minimum Gasteiger partial charge on any atom is -0.497 e. The maximum Gasteiger partial charge on any atom is 0.274 e. The summed E-state index contributed by atoms with van der Waals surface area (Å²) in [6, 6.07) is 14.9. The lowest BCUT2D eigenvalue weighted by atomic mass is 10.2. The van der Waals surface area contributed by atoms with Gasteiger partial charge in [-0.05, 0) is 24.3 Å². The van der Waals surface area contributed by atoms with Gasteiger partial charge in [-0.2, -0.15) is 5.10 Å². The molecule has 2 aromatic carbocycles. The van der Waals surface area contributed by atoms with Crippen molar-refractivity contribution in [3.8, 4) is 5.75 Å². The zero-order chi connectivity index (χ0) is 18.4. The third kappa shape index (κ3) is 4.43. The third-order valence-corrected chi connectivity index (χ3v) is 4.81. The van der Waals surface area contributed by atoms with Gasteiger partial charge in [0.05, 0.1) is 31.0 Å². The van der Waals surface area contributed by atoms with Crippen molar-refractivity contribution in [2.24, 2.45) is 0 Å². The molecule has 0 bridgehead atoms. The number of fused-ring (bicyclic) bond motifs is 1. The molecule has 0 saturated heterocycles. The fourth-order valence-electron chi connectivity index (χ4n) is 2.48. The Morgan fingerprint density at radius 1 is 1.23 bits per heavy atom. The van der Waals surface area contributed by atoms with Gasteiger partial charge in [0.15, 0.2) is 0 Å². The zero-order valence-electron chi connectivity index (χ0n) is 14.3. The Kier molecular flexibility index (Phi) is 5.91. The first-order chi connectivity index (χ1) is 12.7. The number of carbonyl (C=O) groups is 1. The van der Waals surface area contributed by atoms with E-state index < -0.39 is 0 Å². The van der Waals surface area contributed by atoms with Crippen LogP contribution in [0.4, 0.5) is 0 Å². The first-order valence-corrected chi connectivity index (χ1v) is 9.14. The first kappa shape index (κ1) is 18.0. The number of thioether (sulfide) groups is 1. The number of rotatable bonds is 7. The molecule has 7 heteroatoms. The van der Waals surface area contributed by atoms with Crippen molar-refractivity contribution in [1.82, 2.24) is 15.1 Å². The van der Waals surface area contributed by atoms with Crippen LogP contribution >= 0.6 is 11.8 Å². The second kappa shape index (κ2) is 8.53. The lowest BCUT2D eigenvalue weighted by Gasteiger charge is -2.08. The van der Waals surface area contributed by atoms with Gasteiger partial charge < -0.3 is 10.1 Å². The molecular weight excluding hydrogens is 350 g/mol. The Balaban J connectivity index is 1.51. The van der Waals surface area contributed by atoms with Gasteiger partial charge in [-0.15, -0.1) is 11.8 Å². The van der Waals surface area contributed by atoms with E-state index in [0.29, 0.717) is 24.2 Å². The molecule has 3 aromatic rings. The lowest BCUT2D eigenvalue weighted by molar-refractivity contribution is -0.118. The van der Waals surface area contributed by atoms with Crippen LogP contribution < -0.4 is 15.6 Å². The minimum atomic E-state index is -0.150. The topological polar surface area (TPSA) is 73.2 Å². The number of carbonyl (C=O) groups excluding carboxylic acids is 1. The fourth-order valence-corrected chi connectivity index (χ4v) is 3.25. The average Bonchev–Trinajstić information content (AvgIpc) is 2.68. The van der Waals surface area contributed by atoms with Crippen LogP contribution in [0, 0.1) is 0 Å². The number of hydrogen-bond donors (Lipinski definition) is 1. The number of nitrogens with zero attached hydrogens (tertiary/aromatic N) is 2. The summed E-state index contributed by atoms with van der Waals surface area (Å²) in [4.78, 5) is 25.3. The van der Waals surface area contributed by atoms with Gasteiger partial charge in [0, 0.05) is 16.8 Å². The number of methoxy groups -OCH3 is 1. The van der Waals surface area contributed by atoms with Crippen molar-refractivity contribution in [1.29, 1.82) is 0 Å². The number of ether oxygens (including phenoxy) is 1. The molecule has 0 aliphatic carbocycles. The Bertz CT molecular complexity index is 971. The van der Waals surface area contributed by atoms with E-state index in [0.717, 1.165) is 16.0 Å². The SMILES string of the molecule is COc1cccc(SCC(=O)NCCn2ncc3ccccc3c2=O)c1. The van der Waals surface area contributed by atoms with Crippen LogP contribution in [0.3, 0.4) is 0 Å². The molecule has 3 rings (SSSR count). The van der Waals surface area contributed by atoms with E-state index in [-0.39, 0.29) is 11.5 Å². The van der Waals surface area contributed by atoms with E-state index in [9.17, 15) is 9.59 Å². The lowest BCUT2D eigenvalue weighted by Crippen LogP contribution is -2.32. The smallest absolute Gasteiger partial charge is 0.274 e. The summed E-state index contributed by atoms with van der Waals surface area (Å²) >= 11 is 1.43. The van der Waals surface area contributed by atoms with E-state index in [4.69, 9.17) is 4.74 Å². The monoisotopic (exact) mass is 369 g/mol. The van der Waals surface area contributed by atoms with Crippen LogP contribution in [0.15, 0.2) is 64.4 Å². The summed E-state index contributed by atoms with van der Waals surface area (Å²) in [7, 11) is 1.61. The molecule has 0 aliphatic rings. The summed E-state index contributed by atoms with van der Waals surface area (Å²) in [5.74, 6) is 0.969. The molecule has 0 fully saturated rings. The average molecular weight is 369 g/mol. The molecule has 1 aromatic heterocycles. The maximum atomic E-state index is 12.3. The molecule has 6 nitrogen and oxygen atoms in total. The Hall–Kier alpha value is -2.80. The van der Waals surface area contributed by atoms with Crippen LogP contribution in [0.1, 0.15) is 0 Å². The van der Waals surface area contributed by atoms with Crippen LogP contribution in [0.2, 0.25) is 0 Å². The molecule has 134 valence electrons. The summed E-state index contributed by atoms with van der Waals surface area (Å²) in [5.41, 5.74) is -0.150. The van der Waals surface area contributed by atoms with Gasteiger partial charge in [0.2, 0.25) is 5.91 Å². The predicted molar refractivity (Wildman–Crippen MR) is 103 cm³/mol. The highest BCUT2D eigenvalue weighted by molar-refractivity contribution is 8.00. The molecule has 26 heavy (non-hydrogen) atoms. The fraction of sp³-hybridized carbons (Fsp3) is 0.211. The van der Waals surface area contributed by atoms with Crippen LogP contribution in [0.5, 0.6) is 5.75 Å². The van der Waals surface area contributed by atoms with Crippen molar-refractivity contribution in [2.45, 2.75) is 11.4 Å². The number of benzene rings is 2. The molecule has 0 atom stereocenters. The van der Waals surface area contributed by atoms with Gasteiger partial charge in [-0.1, -0.05) is 24.3 Å². The molecular formula is C19H19N3O3S. The molecule has 0 unspecified atom stereocenters. The summed E-state index contributed by atoms with van der Waals surface area (Å²) in [6.45, 7) is 0.683. The molecule has 0 saturated carbocycles. The van der Waals surface area contributed by atoms with Crippen LogP contribution in [0.25, 0.3) is 10.8 Å². The molecule has 0 radical (unpaired) electrons. The highest BCUT2D eigenvalue weighted by Crippen LogP contribution is 2.22. The van der Waals surface area contributed by atoms with Gasteiger partial charge >= 0.3 is 0 Å². The highest BCUT2D eigenvalue weighted by Gasteiger charge is 2.06. The molecule has 0 aliphatic heterocycles. The van der Waals surface area contributed by atoms with Gasteiger partial charge in [-0.25, -0.2) is 4.68 Å². The molecule has 1 heterocycles. The Morgan fingerprint density at radius 3 is 2.92 bits per heavy atom. The van der Waals surface area contributed by atoms with Gasteiger partial charge in [-0.3, -0.25) is 9.59 Å².